The molecule has 0 aliphatic carbocycles. The first kappa shape index (κ1) is 13.4. The fourth-order valence-electron chi connectivity index (χ4n) is 1.69. The minimum Gasteiger partial charge on any atom is -0.480 e. The summed E-state index contributed by atoms with van der Waals surface area (Å²) in [6.45, 7) is 2.33. The molecule has 1 saturated heterocycles. The standard InChI is InChI=1S/C10H16N2O5/c1-5-2-3-17-8(5)9(14)12-6(10(15)16)4-7(11)13/h5-6,8H,2-4H2,1H3,(H2,11,13)(H,12,14)(H,15,16)/t5?,6-,8?/m1/s1. The van der Waals surface area contributed by atoms with Crippen molar-refractivity contribution < 1.29 is 24.2 Å². The zero-order valence-electron chi connectivity index (χ0n) is 9.51. The average Bonchev–Trinajstić information content (AvgIpc) is 2.62. The topological polar surface area (TPSA) is 119 Å². The molecule has 1 aliphatic rings. The molecule has 0 spiro atoms. The highest BCUT2D eigenvalue weighted by Crippen LogP contribution is 2.20. The highest BCUT2D eigenvalue weighted by Gasteiger charge is 2.33. The van der Waals surface area contributed by atoms with Gasteiger partial charge in [-0.05, 0) is 12.3 Å². The van der Waals surface area contributed by atoms with E-state index in [0.29, 0.717) is 6.61 Å². The van der Waals surface area contributed by atoms with Crippen LogP contribution in [0.4, 0.5) is 0 Å². The number of amides is 2. The Balaban J connectivity index is 2.57. The number of carbonyl (C=O) groups excluding carboxylic acids is 2. The number of hydrogen-bond acceptors (Lipinski definition) is 4. The van der Waals surface area contributed by atoms with Crippen LogP contribution < -0.4 is 11.1 Å². The van der Waals surface area contributed by atoms with Gasteiger partial charge in [0.25, 0.3) is 0 Å². The lowest BCUT2D eigenvalue weighted by molar-refractivity contribution is -0.145. The molecule has 96 valence electrons. The Morgan fingerprint density at radius 2 is 2.18 bits per heavy atom. The van der Waals surface area contributed by atoms with Gasteiger partial charge in [0.15, 0.2) is 0 Å². The summed E-state index contributed by atoms with van der Waals surface area (Å²) in [7, 11) is 0. The molecular formula is C10H16N2O5. The Bertz CT molecular complexity index is 331. The van der Waals surface area contributed by atoms with Crippen LogP contribution in [0, 0.1) is 5.92 Å². The fourth-order valence-corrected chi connectivity index (χ4v) is 1.69. The van der Waals surface area contributed by atoms with Crippen LogP contribution in [0.1, 0.15) is 19.8 Å². The number of aliphatic carboxylic acids is 1. The van der Waals surface area contributed by atoms with E-state index in [2.05, 4.69) is 5.32 Å². The maximum Gasteiger partial charge on any atom is 0.326 e. The molecule has 1 rings (SSSR count). The molecule has 0 aromatic carbocycles. The molecule has 0 bridgehead atoms. The van der Waals surface area contributed by atoms with E-state index in [9.17, 15) is 14.4 Å². The van der Waals surface area contributed by atoms with Crippen molar-refractivity contribution in [1.29, 1.82) is 0 Å². The van der Waals surface area contributed by atoms with E-state index in [4.69, 9.17) is 15.6 Å². The molecule has 7 heteroatoms. The summed E-state index contributed by atoms with van der Waals surface area (Å²) in [5.41, 5.74) is 4.90. The summed E-state index contributed by atoms with van der Waals surface area (Å²) >= 11 is 0. The van der Waals surface area contributed by atoms with Crippen LogP contribution in [0.25, 0.3) is 0 Å². The van der Waals surface area contributed by atoms with Crippen LogP contribution in [0.15, 0.2) is 0 Å². The largest absolute Gasteiger partial charge is 0.480 e. The summed E-state index contributed by atoms with van der Waals surface area (Å²) in [4.78, 5) is 33.2. The highest BCUT2D eigenvalue weighted by molar-refractivity contribution is 5.89. The second kappa shape index (κ2) is 5.62. The Kier molecular flexibility index (Phi) is 4.45. The smallest absolute Gasteiger partial charge is 0.326 e. The van der Waals surface area contributed by atoms with Gasteiger partial charge < -0.3 is 20.9 Å². The van der Waals surface area contributed by atoms with Crippen LogP contribution >= 0.6 is 0 Å². The third-order valence-corrected chi connectivity index (χ3v) is 2.67. The number of carboxylic acids is 1. The van der Waals surface area contributed by atoms with Crippen LogP contribution in [-0.4, -0.2) is 41.6 Å². The monoisotopic (exact) mass is 244 g/mol. The molecule has 1 aliphatic heterocycles. The quantitative estimate of drug-likeness (QED) is 0.564. The van der Waals surface area contributed by atoms with Crippen molar-refractivity contribution >= 4 is 17.8 Å². The van der Waals surface area contributed by atoms with Crippen molar-refractivity contribution in [1.82, 2.24) is 5.32 Å². The molecule has 2 unspecified atom stereocenters. The van der Waals surface area contributed by atoms with Crippen LogP contribution in [-0.2, 0) is 19.1 Å². The maximum absolute atomic E-state index is 11.7. The summed E-state index contributed by atoms with van der Waals surface area (Å²) in [5, 5.41) is 11.1. The Hall–Kier alpha value is -1.63. The first-order valence-electron chi connectivity index (χ1n) is 5.35. The summed E-state index contributed by atoms with van der Waals surface area (Å²) in [6, 6.07) is -1.30. The molecule has 2 amide bonds. The lowest BCUT2D eigenvalue weighted by Crippen LogP contribution is -2.48. The van der Waals surface area contributed by atoms with Crippen molar-refractivity contribution in [3.05, 3.63) is 0 Å². The van der Waals surface area contributed by atoms with Gasteiger partial charge in [0, 0.05) is 6.61 Å². The predicted molar refractivity (Wildman–Crippen MR) is 56.9 cm³/mol. The van der Waals surface area contributed by atoms with Gasteiger partial charge in [-0.3, -0.25) is 9.59 Å². The van der Waals surface area contributed by atoms with Crippen molar-refractivity contribution in [2.45, 2.75) is 31.9 Å². The molecule has 0 radical (unpaired) electrons. The van der Waals surface area contributed by atoms with Gasteiger partial charge in [0.2, 0.25) is 11.8 Å². The van der Waals surface area contributed by atoms with Gasteiger partial charge in [0.05, 0.1) is 6.42 Å². The number of primary amides is 1. The number of ether oxygens (including phenoxy) is 1. The fraction of sp³-hybridized carbons (Fsp3) is 0.700. The Morgan fingerprint density at radius 1 is 1.53 bits per heavy atom. The van der Waals surface area contributed by atoms with Crippen molar-refractivity contribution in [3.63, 3.8) is 0 Å². The highest BCUT2D eigenvalue weighted by atomic mass is 16.5. The number of nitrogens with one attached hydrogen (secondary N) is 1. The lowest BCUT2D eigenvalue weighted by atomic mass is 10.0. The van der Waals surface area contributed by atoms with E-state index in [1.165, 1.54) is 0 Å². The third-order valence-electron chi connectivity index (χ3n) is 2.67. The second-order valence-corrected chi connectivity index (χ2v) is 4.13. The normalized spacial score (nSPS) is 25.2. The molecule has 0 saturated carbocycles. The Morgan fingerprint density at radius 3 is 2.59 bits per heavy atom. The molecule has 4 N–H and O–H groups in total. The predicted octanol–water partition coefficient (Wildman–Crippen LogP) is -1.14. The summed E-state index contributed by atoms with van der Waals surface area (Å²) < 4.78 is 5.19. The molecule has 0 aromatic rings. The van der Waals surface area contributed by atoms with Crippen molar-refractivity contribution in [2.75, 3.05) is 6.61 Å². The molecule has 3 atom stereocenters. The van der Waals surface area contributed by atoms with E-state index < -0.39 is 36.4 Å². The van der Waals surface area contributed by atoms with Crippen LogP contribution in [0.3, 0.4) is 0 Å². The van der Waals surface area contributed by atoms with E-state index in [1.54, 1.807) is 0 Å². The second-order valence-electron chi connectivity index (χ2n) is 4.13. The van der Waals surface area contributed by atoms with Gasteiger partial charge >= 0.3 is 5.97 Å². The zero-order chi connectivity index (χ0) is 13.0. The molecule has 1 fully saturated rings. The first-order chi connectivity index (χ1) is 7.91. The van der Waals surface area contributed by atoms with Gasteiger partial charge in [-0.2, -0.15) is 0 Å². The van der Waals surface area contributed by atoms with Gasteiger partial charge in [-0.15, -0.1) is 0 Å². The van der Waals surface area contributed by atoms with Crippen molar-refractivity contribution in [3.8, 4) is 0 Å². The molecule has 7 nitrogen and oxygen atoms in total. The van der Waals surface area contributed by atoms with E-state index in [-0.39, 0.29) is 5.92 Å². The summed E-state index contributed by atoms with van der Waals surface area (Å²) in [6.07, 6.45) is -0.321. The Labute approximate surface area is 98.3 Å². The minimum absolute atomic E-state index is 0.0398. The van der Waals surface area contributed by atoms with Crippen molar-refractivity contribution in [2.24, 2.45) is 11.7 Å². The summed E-state index contributed by atoms with van der Waals surface area (Å²) in [5.74, 6) is -2.54. The van der Waals surface area contributed by atoms with Gasteiger partial charge in [-0.1, -0.05) is 6.92 Å². The number of hydrogen-bond donors (Lipinski definition) is 3. The zero-order valence-corrected chi connectivity index (χ0v) is 9.51. The van der Waals surface area contributed by atoms with E-state index in [1.807, 2.05) is 6.92 Å². The molecular weight excluding hydrogens is 228 g/mol. The third kappa shape index (κ3) is 3.70. The van der Waals surface area contributed by atoms with Crippen LogP contribution in [0.5, 0.6) is 0 Å². The number of carboxylic acid groups (broad SMARTS) is 1. The minimum atomic E-state index is -1.30. The molecule has 1 heterocycles. The van der Waals surface area contributed by atoms with Gasteiger partial charge in [0.1, 0.15) is 12.1 Å². The SMILES string of the molecule is CC1CCOC1C(=O)N[C@H](CC(N)=O)C(=O)O. The molecule has 17 heavy (non-hydrogen) atoms. The van der Waals surface area contributed by atoms with E-state index in [0.717, 1.165) is 6.42 Å². The molecule has 0 aromatic heterocycles. The number of nitrogens with two attached hydrogens (primary N) is 1. The van der Waals surface area contributed by atoms with Crippen LogP contribution in [0.2, 0.25) is 0 Å². The van der Waals surface area contributed by atoms with E-state index >= 15 is 0 Å². The lowest BCUT2D eigenvalue weighted by Gasteiger charge is -2.18. The number of carbonyl (C=O) groups is 3. The van der Waals surface area contributed by atoms with Gasteiger partial charge in [-0.25, -0.2) is 4.79 Å². The number of rotatable bonds is 5. The first-order valence-corrected chi connectivity index (χ1v) is 5.35. The maximum atomic E-state index is 11.7. The average molecular weight is 244 g/mol.